The first kappa shape index (κ1) is 17.0. The maximum Gasteiger partial charge on any atom is 0.346 e. The summed E-state index contributed by atoms with van der Waals surface area (Å²) in [4.78, 5) is 22.9. The molecule has 0 aliphatic heterocycles. The number of nitrogens with zero attached hydrogens (tertiary/aromatic N) is 1. The molecule has 1 saturated carbocycles. The summed E-state index contributed by atoms with van der Waals surface area (Å²) in [6.45, 7) is 0.751. The van der Waals surface area contributed by atoms with Gasteiger partial charge in [0.2, 0.25) is 5.60 Å². The van der Waals surface area contributed by atoms with Crippen LogP contribution >= 0.6 is 0 Å². The summed E-state index contributed by atoms with van der Waals surface area (Å²) in [5.41, 5.74) is -0.649. The Morgan fingerprint density at radius 2 is 1.87 bits per heavy atom. The van der Waals surface area contributed by atoms with Crippen molar-refractivity contribution in [3.05, 3.63) is 35.9 Å². The SMILES string of the molecule is CC(=O)OCC(=O)O[C@@](C#N)(c1ccccc1)C1CCCCC1. The van der Waals surface area contributed by atoms with E-state index in [0.29, 0.717) is 5.56 Å². The summed E-state index contributed by atoms with van der Waals surface area (Å²) < 4.78 is 10.3. The van der Waals surface area contributed by atoms with E-state index in [9.17, 15) is 14.9 Å². The topological polar surface area (TPSA) is 76.4 Å². The third-order valence-corrected chi connectivity index (χ3v) is 4.22. The van der Waals surface area contributed by atoms with Crippen LogP contribution < -0.4 is 0 Å². The molecule has 2 rings (SSSR count). The smallest absolute Gasteiger partial charge is 0.346 e. The Labute approximate surface area is 136 Å². The van der Waals surface area contributed by atoms with Crippen molar-refractivity contribution in [2.45, 2.75) is 44.6 Å². The number of rotatable bonds is 5. The normalized spacial score (nSPS) is 17.6. The summed E-state index contributed by atoms with van der Waals surface area (Å²) >= 11 is 0. The van der Waals surface area contributed by atoms with Gasteiger partial charge in [-0.2, -0.15) is 5.26 Å². The number of hydrogen-bond acceptors (Lipinski definition) is 5. The van der Waals surface area contributed by atoms with E-state index in [1.165, 1.54) is 6.92 Å². The average Bonchev–Trinajstić information content (AvgIpc) is 2.59. The minimum atomic E-state index is -1.32. The molecule has 1 aliphatic rings. The van der Waals surface area contributed by atoms with Crippen molar-refractivity contribution in [3.8, 4) is 6.07 Å². The summed E-state index contributed by atoms with van der Waals surface area (Å²) in [5, 5.41) is 9.87. The van der Waals surface area contributed by atoms with Gasteiger partial charge in [0.25, 0.3) is 0 Å². The molecule has 1 aliphatic carbocycles. The van der Waals surface area contributed by atoms with Crippen molar-refractivity contribution in [2.75, 3.05) is 6.61 Å². The maximum atomic E-state index is 12.1. The molecule has 0 N–H and O–H groups in total. The zero-order valence-electron chi connectivity index (χ0n) is 13.3. The molecule has 122 valence electrons. The predicted molar refractivity (Wildman–Crippen MR) is 83.0 cm³/mol. The van der Waals surface area contributed by atoms with Crippen LogP contribution in [-0.2, 0) is 24.7 Å². The van der Waals surface area contributed by atoms with Crippen LogP contribution in [-0.4, -0.2) is 18.5 Å². The lowest BCUT2D eigenvalue weighted by Gasteiger charge is -2.37. The first-order valence-electron chi connectivity index (χ1n) is 7.90. The first-order chi connectivity index (χ1) is 11.1. The molecular weight excluding hydrogens is 294 g/mol. The van der Waals surface area contributed by atoms with Crippen LogP contribution in [0.1, 0.15) is 44.6 Å². The fourth-order valence-electron chi connectivity index (χ4n) is 3.12. The van der Waals surface area contributed by atoms with Crippen molar-refractivity contribution in [3.63, 3.8) is 0 Å². The van der Waals surface area contributed by atoms with Crippen molar-refractivity contribution in [1.82, 2.24) is 0 Å². The van der Waals surface area contributed by atoms with Gasteiger partial charge in [-0.1, -0.05) is 49.6 Å². The second-order valence-corrected chi connectivity index (χ2v) is 5.80. The predicted octanol–water partition coefficient (Wildman–Crippen LogP) is 3.09. The molecule has 1 fully saturated rings. The number of ether oxygens (including phenoxy) is 2. The van der Waals surface area contributed by atoms with Crippen LogP contribution in [0.3, 0.4) is 0 Å². The molecule has 5 heteroatoms. The number of carbonyl (C=O) groups excluding carboxylic acids is 2. The molecule has 23 heavy (non-hydrogen) atoms. The van der Waals surface area contributed by atoms with E-state index in [1.807, 2.05) is 18.2 Å². The minimum absolute atomic E-state index is 0.0510. The number of esters is 2. The maximum absolute atomic E-state index is 12.1. The zero-order valence-corrected chi connectivity index (χ0v) is 13.3. The molecular formula is C18H21NO4. The second kappa shape index (κ2) is 7.77. The number of benzene rings is 1. The van der Waals surface area contributed by atoms with E-state index in [0.717, 1.165) is 32.1 Å². The molecule has 0 spiro atoms. The third kappa shape index (κ3) is 4.10. The van der Waals surface area contributed by atoms with Gasteiger partial charge in [0.15, 0.2) is 6.61 Å². The van der Waals surface area contributed by atoms with Crippen LogP contribution in [0.5, 0.6) is 0 Å². The molecule has 1 aromatic rings. The molecule has 0 saturated heterocycles. The van der Waals surface area contributed by atoms with E-state index < -0.39 is 24.1 Å². The molecule has 1 aromatic carbocycles. The largest absolute Gasteiger partial charge is 0.454 e. The van der Waals surface area contributed by atoms with Crippen LogP contribution in [0, 0.1) is 17.2 Å². The monoisotopic (exact) mass is 315 g/mol. The van der Waals surface area contributed by atoms with Gasteiger partial charge >= 0.3 is 11.9 Å². The average molecular weight is 315 g/mol. The Morgan fingerprint density at radius 1 is 1.22 bits per heavy atom. The first-order valence-corrected chi connectivity index (χ1v) is 7.90. The summed E-state index contributed by atoms with van der Waals surface area (Å²) in [7, 11) is 0. The molecule has 0 bridgehead atoms. The van der Waals surface area contributed by atoms with Crippen molar-refractivity contribution in [2.24, 2.45) is 5.92 Å². The molecule has 0 amide bonds. The standard InChI is InChI=1S/C18H21NO4/c1-14(20)22-12-17(21)23-18(13-19,15-8-4-2-5-9-15)16-10-6-3-7-11-16/h2,4-5,8-9,16H,3,6-7,10-12H2,1H3/t18-/m0/s1. The lowest BCUT2D eigenvalue weighted by Crippen LogP contribution is -2.41. The van der Waals surface area contributed by atoms with Gasteiger partial charge in [-0.05, 0) is 12.8 Å². The van der Waals surface area contributed by atoms with Crippen molar-refractivity contribution in [1.29, 1.82) is 5.26 Å². The minimum Gasteiger partial charge on any atom is -0.454 e. The van der Waals surface area contributed by atoms with Gasteiger partial charge < -0.3 is 9.47 Å². The molecule has 0 heterocycles. The van der Waals surface area contributed by atoms with Crippen molar-refractivity contribution < 1.29 is 19.1 Å². The highest BCUT2D eigenvalue weighted by Gasteiger charge is 2.45. The van der Waals surface area contributed by atoms with Gasteiger partial charge in [0.1, 0.15) is 6.07 Å². The highest BCUT2D eigenvalue weighted by atomic mass is 16.6. The molecule has 0 unspecified atom stereocenters. The van der Waals surface area contributed by atoms with E-state index in [4.69, 9.17) is 9.47 Å². The molecule has 0 aromatic heterocycles. The Kier molecular flexibility index (Phi) is 5.75. The van der Waals surface area contributed by atoms with Gasteiger partial charge in [0.05, 0.1) is 0 Å². The van der Waals surface area contributed by atoms with Crippen LogP contribution in [0.2, 0.25) is 0 Å². The van der Waals surface area contributed by atoms with Crippen LogP contribution in [0.25, 0.3) is 0 Å². The zero-order chi connectivity index (χ0) is 16.7. The Bertz CT molecular complexity index is 587. The lowest BCUT2D eigenvalue weighted by molar-refractivity contribution is -0.171. The fourth-order valence-corrected chi connectivity index (χ4v) is 3.12. The Balaban J connectivity index is 2.28. The van der Waals surface area contributed by atoms with E-state index in [-0.39, 0.29) is 5.92 Å². The Morgan fingerprint density at radius 3 is 2.43 bits per heavy atom. The van der Waals surface area contributed by atoms with Crippen LogP contribution in [0.4, 0.5) is 0 Å². The van der Waals surface area contributed by atoms with Gasteiger partial charge in [-0.15, -0.1) is 0 Å². The van der Waals surface area contributed by atoms with Gasteiger partial charge in [-0.25, -0.2) is 4.79 Å². The third-order valence-electron chi connectivity index (χ3n) is 4.22. The van der Waals surface area contributed by atoms with E-state index in [1.54, 1.807) is 12.1 Å². The summed E-state index contributed by atoms with van der Waals surface area (Å²) in [6, 6.07) is 11.3. The van der Waals surface area contributed by atoms with E-state index >= 15 is 0 Å². The second-order valence-electron chi connectivity index (χ2n) is 5.80. The van der Waals surface area contributed by atoms with Gasteiger partial charge in [0, 0.05) is 18.4 Å². The fraction of sp³-hybridized carbons (Fsp3) is 0.500. The number of nitriles is 1. The molecule has 1 atom stereocenters. The summed E-state index contributed by atoms with van der Waals surface area (Å²) in [6.07, 6.45) is 4.84. The van der Waals surface area contributed by atoms with E-state index in [2.05, 4.69) is 6.07 Å². The van der Waals surface area contributed by atoms with Crippen molar-refractivity contribution >= 4 is 11.9 Å². The Hall–Kier alpha value is -2.35. The van der Waals surface area contributed by atoms with Gasteiger partial charge in [-0.3, -0.25) is 4.79 Å². The number of hydrogen-bond donors (Lipinski definition) is 0. The highest BCUT2D eigenvalue weighted by Crippen LogP contribution is 2.42. The summed E-state index contributed by atoms with van der Waals surface area (Å²) in [5.74, 6) is -1.30. The molecule has 5 nitrogen and oxygen atoms in total. The molecule has 0 radical (unpaired) electrons. The quantitative estimate of drug-likeness (QED) is 0.780. The highest BCUT2D eigenvalue weighted by molar-refractivity contribution is 5.76. The van der Waals surface area contributed by atoms with Crippen LogP contribution in [0.15, 0.2) is 30.3 Å². The number of carbonyl (C=O) groups is 2. The lowest BCUT2D eigenvalue weighted by atomic mass is 9.74.